The third-order valence-electron chi connectivity index (χ3n) is 4.50. The fourth-order valence-electron chi connectivity index (χ4n) is 2.99. The van der Waals surface area contributed by atoms with E-state index in [1.807, 2.05) is 6.07 Å². The summed E-state index contributed by atoms with van der Waals surface area (Å²) in [5, 5.41) is 13.1. The molecule has 2 N–H and O–H groups in total. The molecule has 0 aliphatic heterocycles. The molecule has 1 atom stereocenters. The maximum absolute atomic E-state index is 13.6. The van der Waals surface area contributed by atoms with Crippen LogP contribution in [-0.4, -0.2) is 40.7 Å². The minimum absolute atomic E-state index is 0.00155. The van der Waals surface area contributed by atoms with Crippen molar-refractivity contribution < 1.29 is 23.2 Å². The molecule has 0 radical (unpaired) electrons. The lowest BCUT2D eigenvalue weighted by Gasteiger charge is -2.30. The van der Waals surface area contributed by atoms with Gasteiger partial charge in [0.25, 0.3) is 0 Å². The quantitative estimate of drug-likeness (QED) is 0.397. The first kappa shape index (κ1) is 21.5. The zero-order chi connectivity index (χ0) is 21.6. The Morgan fingerprint density at radius 2 is 1.87 bits per heavy atom. The van der Waals surface area contributed by atoms with Crippen molar-refractivity contribution in [3.05, 3.63) is 78.6 Å². The number of hydrogen-bond donors (Lipinski definition) is 2. The molecular weight excluding hydrogens is 408 g/mol. The number of nitrogens with one attached hydrogen (secondary N) is 1. The number of sulfonamides is 1. The minimum atomic E-state index is -4.05. The van der Waals surface area contributed by atoms with Crippen LogP contribution in [0.2, 0.25) is 0 Å². The summed E-state index contributed by atoms with van der Waals surface area (Å²) in [5.74, 6) is -0.217. The zero-order valence-corrected chi connectivity index (χ0v) is 17.1. The van der Waals surface area contributed by atoms with Gasteiger partial charge in [-0.3, -0.25) is 14.7 Å². The van der Waals surface area contributed by atoms with Gasteiger partial charge in [0.15, 0.2) is 0 Å². The zero-order valence-electron chi connectivity index (χ0n) is 16.2. The molecule has 0 spiro atoms. The maximum Gasteiger partial charge on any atom is 0.246 e. The summed E-state index contributed by atoms with van der Waals surface area (Å²) < 4.78 is 34.9. The van der Waals surface area contributed by atoms with Crippen LogP contribution in [0.5, 0.6) is 5.75 Å². The number of carbonyl (C=O) groups excluding carboxylic acids is 1. The molecule has 2 aromatic carbocycles. The highest BCUT2D eigenvalue weighted by atomic mass is 32.2. The highest BCUT2D eigenvalue weighted by Gasteiger charge is 2.34. The first-order valence-corrected chi connectivity index (χ1v) is 10.5. The van der Waals surface area contributed by atoms with Crippen LogP contribution in [0, 0.1) is 0 Å². The fourth-order valence-corrected chi connectivity index (χ4v) is 4.55. The van der Waals surface area contributed by atoms with E-state index in [1.165, 1.54) is 34.4 Å². The number of amides is 1. The van der Waals surface area contributed by atoms with Crippen LogP contribution in [0.4, 0.5) is 0 Å². The highest BCUT2D eigenvalue weighted by molar-refractivity contribution is 7.89. The summed E-state index contributed by atoms with van der Waals surface area (Å²) in [4.78, 5) is 12.0. The molecular formula is C20H22N4O5S. The van der Waals surface area contributed by atoms with Crippen LogP contribution in [0.15, 0.2) is 78.0 Å². The van der Waals surface area contributed by atoms with E-state index in [0.717, 1.165) is 5.56 Å². The van der Waals surface area contributed by atoms with Crippen LogP contribution in [-0.2, 0) is 21.4 Å². The van der Waals surface area contributed by atoms with Crippen molar-refractivity contribution in [1.29, 1.82) is 0 Å². The topological polar surface area (TPSA) is 114 Å². The molecule has 3 rings (SSSR count). The van der Waals surface area contributed by atoms with Gasteiger partial charge in [-0.25, -0.2) is 13.9 Å². The van der Waals surface area contributed by atoms with Crippen LogP contribution in [0.3, 0.4) is 0 Å². The highest BCUT2D eigenvalue weighted by Crippen LogP contribution is 2.29. The van der Waals surface area contributed by atoms with Crippen molar-refractivity contribution in [2.75, 3.05) is 7.11 Å². The lowest BCUT2D eigenvalue weighted by Crippen LogP contribution is -2.40. The van der Waals surface area contributed by atoms with Gasteiger partial charge in [-0.1, -0.05) is 30.3 Å². The summed E-state index contributed by atoms with van der Waals surface area (Å²) in [6.45, 7) is -0.00155. The number of hydrogen-bond acceptors (Lipinski definition) is 6. The van der Waals surface area contributed by atoms with E-state index in [0.29, 0.717) is 5.75 Å². The number of rotatable bonds is 9. The van der Waals surface area contributed by atoms with Crippen molar-refractivity contribution in [3.8, 4) is 5.75 Å². The first-order chi connectivity index (χ1) is 14.5. The molecule has 0 saturated carbocycles. The summed E-state index contributed by atoms with van der Waals surface area (Å²) in [5.41, 5.74) is 2.30. The van der Waals surface area contributed by atoms with E-state index < -0.39 is 22.1 Å². The van der Waals surface area contributed by atoms with Gasteiger partial charge in [-0.05, 0) is 35.9 Å². The molecule has 9 nitrogen and oxygen atoms in total. The van der Waals surface area contributed by atoms with E-state index in [-0.39, 0.29) is 17.9 Å². The Hall–Kier alpha value is -3.21. The number of benzene rings is 2. The predicted molar refractivity (Wildman–Crippen MR) is 108 cm³/mol. The van der Waals surface area contributed by atoms with Crippen LogP contribution >= 0.6 is 0 Å². The lowest BCUT2D eigenvalue weighted by molar-refractivity contribution is -0.131. The third-order valence-corrected chi connectivity index (χ3v) is 6.36. The summed E-state index contributed by atoms with van der Waals surface area (Å²) in [6, 6.07) is 16.6. The van der Waals surface area contributed by atoms with Gasteiger partial charge in [-0.15, -0.1) is 0 Å². The largest absolute Gasteiger partial charge is 0.497 e. The van der Waals surface area contributed by atoms with E-state index in [9.17, 15) is 13.2 Å². The second-order valence-corrected chi connectivity index (χ2v) is 8.31. The molecule has 0 fully saturated rings. The smallest absolute Gasteiger partial charge is 0.246 e. The molecule has 10 heteroatoms. The number of carbonyl (C=O) groups is 1. The molecule has 1 heterocycles. The van der Waals surface area contributed by atoms with E-state index in [1.54, 1.807) is 54.1 Å². The molecule has 0 bridgehead atoms. The van der Waals surface area contributed by atoms with Gasteiger partial charge in [0.05, 0.1) is 18.4 Å². The monoisotopic (exact) mass is 430 g/mol. The molecule has 1 aromatic heterocycles. The first-order valence-electron chi connectivity index (χ1n) is 9.07. The molecule has 0 aliphatic carbocycles. The Labute approximate surface area is 174 Å². The molecule has 0 aliphatic rings. The van der Waals surface area contributed by atoms with Crippen LogP contribution in [0.1, 0.15) is 18.2 Å². The third kappa shape index (κ3) is 4.85. The predicted octanol–water partition coefficient (Wildman–Crippen LogP) is 2.18. The molecule has 158 valence electrons. The van der Waals surface area contributed by atoms with E-state index in [2.05, 4.69) is 5.10 Å². The second kappa shape index (κ2) is 9.53. The van der Waals surface area contributed by atoms with E-state index in [4.69, 9.17) is 9.94 Å². The average Bonchev–Trinajstić information content (AvgIpc) is 3.31. The maximum atomic E-state index is 13.6. The number of methoxy groups -OCH3 is 1. The van der Waals surface area contributed by atoms with E-state index >= 15 is 0 Å². The fraction of sp³-hybridized carbons (Fsp3) is 0.200. The summed E-state index contributed by atoms with van der Waals surface area (Å²) in [7, 11) is -2.56. The summed E-state index contributed by atoms with van der Waals surface area (Å²) in [6.07, 6.45) is 1.72. The molecule has 0 saturated heterocycles. The van der Waals surface area contributed by atoms with Crippen LogP contribution in [0.25, 0.3) is 0 Å². The standard InChI is InChI=1S/C20H22N4O5S/c1-29-17-8-10-18(11-9-17)30(27,28)24(15-16-6-3-2-4-7-16)20(14-19(25)22-26)23-13-5-12-21-23/h2-13,20,26H,14-15H2,1H3,(H,22,25). The normalized spacial score (nSPS) is 12.5. The Kier molecular flexibility index (Phi) is 6.83. The Bertz CT molecular complexity index is 1050. The Morgan fingerprint density at radius 3 is 2.43 bits per heavy atom. The van der Waals surface area contributed by atoms with Crippen molar-refractivity contribution in [1.82, 2.24) is 19.6 Å². The number of nitrogens with zero attached hydrogens (tertiary/aromatic N) is 3. The number of ether oxygens (including phenoxy) is 1. The number of hydroxylamine groups is 1. The SMILES string of the molecule is COc1ccc(S(=O)(=O)N(Cc2ccccc2)C(CC(=O)NO)n2cccn2)cc1. The van der Waals surface area contributed by atoms with Gasteiger partial charge in [-0.2, -0.15) is 9.40 Å². The second-order valence-electron chi connectivity index (χ2n) is 6.42. The van der Waals surface area contributed by atoms with Gasteiger partial charge >= 0.3 is 0 Å². The van der Waals surface area contributed by atoms with Gasteiger partial charge in [0.2, 0.25) is 15.9 Å². The van der Waals surface area contributed by atoms with Gasteiger partial charge in [0.1, 0.15) is 11.9 Å². The van der Waals surface area contributed by atoms with Crippen molar-refractivity contribution in [2.24, 2.45) is 0 Å². The van der Waals surface area contributed by atoms with Crippen molar-refractivity contribution >= 4 is 15.9 Å². The van der Waals surface area contributed by atoms with Gasteiger partial charge in [0, 0.05) is 18.9 Å². The number of aromatic nitrogens is 2. The minimum Gasteiger partial charge on any atom is -0.497 e. The Balaban J connectivity index is 2.08. The molecule has 3 aromatic rings. The van der Waals surface area contributed by atoms with Gasteiger partial charge < -0.3 is 4.74 Å². The lowest BCUT2D eigenvalue weighted by atomic mass is 10.2. The molecule has 30 heavy (non-hydrogen) atoms. The van der Waals surface area contributed by atoms with Crippen molar-refractivity contribution in [2.45, 2.75) is 24.0 Å². The summed E-state index contributed by atoms with van der Waals surface area (Å²) >= 11 is 0. The molecule has 1 unspecified atom stereocenters. The van der Waals surface area contributed by atoms with Crippen molar-refractivity contribution in [3.63, 3.8) is 0 Å². The Morgan fingerprint density at radius 1 is 1.17 bits per heavy atom. The molecule has 1 amide bonds. The van der Waals surface area contributed by atoms with Crippen LogP contribution < -0.4 is 10.2 Å². The average molecular weight is 430 g/mol.